The zero-order chi connectivity index (χ0) is 13.9. The first-order valence-corrected chi connectivity index (χ1v) is 7.00. The van der Waals surface area contributed by atoms with Crippen LogP contribution in [0.2, 0.25) is 0 Å². The first-order valence-electron chi connectivity index (χ1n) is 7.00. The van der Waals surface area contributed by atoms with E-state index >= 15 is 0 Å². The lowest BCUT2D eigenvalue weighted by Crippen LogP contribution is -2.31. The molecule has 0 bridgehead atoms. The summed E-state index contributed by atoms with van der Waals surface area (Å²) in [5, 5.41) is 17.5. The maximum absolute atomic E-state index is 9.32. The normalized spacial score (nSPS) is 19.6. The van der Waals surface area contributed by atoms with Gasteiger partial charge in [-0.2, -0.15) is 0 Å². The molecule has 1 unspecified atom stereocenters. The van der Waals surface area contributed by atoms with Crippen LogP contribution in [0.5, 0.6) is 0 Å². The number of aromatic nitrogens is 2. The van der Waals surface area contributed by atoms with Gasteiger partial charge in [0.1, 0.15) is 0 Å². The van der Waals surface area contributed by atoms with E-state index < -0.39 is 0 Å². The molecule has 2 aromatic rings. The smallest absolute Gasteiger partial charge is 0.247 e. The number of benzene rings is 1. The highest BCUT2D eigenvalue weighted by Crippen LogP contribution is 2.22. The van der Waals surface area contributed by atoms with Crippen molar-refractivity contribution in [2.24, 2.45) is 0 Å². The van der Waals surface area contributed by atoms with Gasteiger partial charge in [0.05, 0.1) is 13.2 Å². The van der Waals surface area contributed by atoms with Crippen molar-refractivity contribution in [3.05, 3.63) is 35.7 Å². The highest BCUT2D eigenvalue weighted by Gasteiger charge is 2.25. The maximum atomic E-state index is 9.32. The first-order chi connectivity index (χ1) is 9.76. The Labute approximate surface area is 118 Å². The van der Waals surface area contributed by atoms with Crippen LogP contribution in [-0.4, -0.2) is 39.4 Å². The summed E-state index contributed by atoms with van der Waals surface area (Å²) in [5.74, 6) is 1.17. The van der Waals surface area contributed by atoms with Crippen LogP contribution in [0.4, 0.5) is 0 Å². The Morgan fingerprint density at radius 2 is 2.10 bits per heavy atom. The monoisotopic (exact) mass is 273 g/mol. The summed E-state index contributed by atoms with van der Waals surface area (Å²) in [7, 11) is 0. The number of likely N-dealkylation sites (tertiary alicyclic amines) is 1. The van der Waals surface area contributed by atoms with Crippen molar-refractivity contribution in [3.8, 4) is 11.5 Å². The molecule has 0 aliphatic carbocycles. The number of hydrogen-bond donors (Lipinski definition) is 1. The predicted molar refractivity (Wildman–Crippen MR) is 75.0 cm³/mol. The summed E-state index contributed by atoms with van der Waals surface area (Å²) in [6.07, 6.45) is 2.15. The Bertz CT molecular complexity index is 565. The van der Waals surface area contributed by atoms with E-state index in [4.69, 9.17) is 4.42 Å². The van der Waals surface area contributed by atoms with E-state index in [1.165, 1.54) is 5.56 Å². The van der Waals surface area contributed by atoms with Gasteiger partial charge in [0.15, 0.2) is 0 Å². The molecule has 1 atom stereocenters. The average molecular weight is 273 g/mol. The molecule has 1 aromatic heterocycles. The van der Waals surface area contributed by atoms with E-state index in [1.807, 2.05) is 31.2 Å². The van der Waals surface area contributed by atoms with Crippen molar-refractivity contribution >= 4 is 0 Å². The molecule has 5 heteroatoms. The van der Waals surface area contributed by atoms with Crippen LogP contribution in [-0.2, 0) is 6.54 Å². The van der Waals surface area contributed by atoms with Gasteiger partial charge in [-0.3, -0.25) is 4.90 Å². The van der Waals surface area contributed by atoms with Gasteiger partial charge in [0.2, 0.25) is 11.8 Å². The van der Waals surface area contributed by atoms with E-state index in [9.17, 15) is 5.11 Å². The molecule has 1 aliphatic rings. The van der Waals surface area contributed by atoms with E-state index in [1.54, 1.807) is 0 Å². The third kappa shape index (κ3) is 2.73. The Kier molecular flexibility index (Phi) is 3.80. The molecular weight excluding hydrogens is 254 g/mol. The maximum Gasteiger partial charge on any atom is 0.247 e. The first kappa shape index (κ1) is 13.3. The van der Waals surface area contributed by atoms with Crippen LogP contribution < -0.4 is 0 Å². The molecule has 20 heavy (non-hydrogen) atoms. The minimum absolute atomic E-state index is 0.193. The zero-order valence-corrected chi connectivity index (χ0v) is 11.6. The molecule has 1 aromatic carbocycles. The fourth-order valence-electron chi connectivity index (χ4n) is 2.61. The van der Waals surface area contributed by atoms with Gasteiger partial charge < -0.3 is 9.52 Å². The van der Waals surface area contributed by atoms with Crippen LogP contribution in [0.25, 0.3) is 11.5 Å². The minimum atomic E-state index is 0.193. The van der Waals surface area contributed by atoms with Crippen LogP contribution >= 0.6 is 0 Å². The lowest BCUT2D eigenvalue weighted by Gasteiger charge is -2.20. The van der Waals surface area contributed by atoms with Crippen LogP contribution in [0.3, 0.4) is 0 Å². The molecule has 0 amide bonds. The molecular formula is C15H19N3O2. The average Bonchev–Trinajstić information content (AvgIpc) is 3.09. The second kappa shape index (κ2) is 5.73. The van der Waals surface area contributed by atoms with Gasteiger partial charge in [0, 0.05) is 11.6 Å². The number of rotatable bonds is 4. The topological polar surface area (TPSA) is 62.4 Å². The fraction of sp³-hybridized carbons (Fsp3) is 0.467. The number of nitrogens with zero attached hydrogens (tertiary/aromatic N) is 3. The van der Waals surface area contributed by atoms with Crippen LogP contribution in [0, 0.1) is 6.92 Å². The Balaban J connectivity index is 1.72. The number of hydrogen-bond acceptors (Lipinski definition) is 5. The quantitative estimate of drug-likeness (QED) is 0.923. The van der Waals surface area contributed by atoms with E-state index in [0.717, 1.165) is 24.9 Å². The molecule has 0 radical (unpaired) electrons. The Morgan fingerprint density at radius 1 is 1.30 bits per heavy atom. The Hall–Kier alpha value is -1.72. The minimum Gasteiger partial charge on any atom is -0.419 e. The SMILES string of the molecule is Cc1ccc(-c2nnc(CN3CCCC3CO)o2)cc1. The van der Waals surface area contributed by atoms with Gasteiger partial charge in [0.25, 0.3) is 0 Å². The molecule has 2 heterocycles. The predicted octanol–water partition coefficient (Wildman–Crippen LogP) is 2.00. The second-order valence-electron chi connectivity index (χ2n) is 5.32. The van der Waals surface area contributed by atoms with Gasteiger partial charge in [-0.15, -0.1) is 10.2 Å². The summed E-state index contributed by atoms with van der Waals surface area (Å²) < 4.78 is 5.72. The zero-order valence-electron chi connectivity index (χ0n) is 11.6. The van der Waals surface area contributed by atoms with Crippen molar-refractivity contribution in [2.75, 3.05) is 13.2 Å². The van der Waals surface area contributed by atoms with Gasteiger partial charge >= 0.3 is 0 Å². The summed E-state index contributed by atoms with van der Waals surface area (Å²) >= 11 is 0. The second-order valence-corrected chi connectivity index (χ2v) is 5.32. The Morgan fingerprint density at radius 3 is 2.85 bits per heavy atom. The van der Waals surface area contributed by atoms with Crippen molar-refractivity contribution in [2.45, 2.75) is 32.4 Å². The third-order valence-electron chi connectivity index (χ3n) is 3.81. The van der Waals surface area contributed by atoms with Crippen molar-refractivity contribution in [1.82, 2.24) is 15.1 Å². The molecule has 5 nitrogen and oxygen atoms in total. The van der Waals surface area contributed by atoms with Gasteiger partial charge in [-0.1, -0.05) is 17.7 Å². The third-order valence-corrected chi connectivity index (χ3v) is 3.81. The summed E-state index contributed by atoms with van der Waals surface area (Å²) in [4.78, 5) is 2.20. The van der Waals surface area contributed by atoms with Crippen molar-refractivity contribution in [1.29, 1.82) is 0 Å². The van der Waals surface area contributed by atoms with Gasteiger partial charge in [-0.05, 0) is 38.4 Å². The highest BCUT2D eigenvalue weighted by atomic mass is 16.4. The molecule has 1 fully saturated rings. The molecule has 1 aliphatic heterocycles. The van der Waals surface area contributed by atoms with Crippen LogP contribution in [0.15, 0.2) is 28.7 Å². The van der Waals surface area contributed by atoms with Crippen molar-refractivity contribution in [3.63, 3.8) is 0 Å². The lowest BCUT2D eigenvalue weighted by molar-refractivity contribution is 0.144. The number of aliphatic hydroxyl groups excluding tert-OH is 1. The standard InChI is InChI=1S/C15H19N3O2/c1-11-4-6-12(7-5-11)15-17-16-14(20-15)9-18-8-2-3-13(18)10-19/h4-7,13,19H,2-3,8-10H2,1H3. The fourth-order valence-corrected chi connectivity index (χ4v) is 2.61. The number of aliphatic hydroxyl groups is 1. The lowest BCUT2D eigenvalue weighted by atomic mass is 10.1. The molecule has 106 valence electrons. The molecule has 0 spiro atoms. The summed E-state index contributed by atoms with van der Waals surface area (Å²) in [5.41, 5.74) is 2.14. The summed E-state index contributed by atoms with van der Waals surface area (Å²) in [6.45, 7) is 3.84. The highest BCUT2D eigenvalue weighted by molar-refractivity contribution is 5.52. The number of aryl methyl sites for hydroxylation is 1. The van der Waals surface area contributed by atoms with Crippen molar-refractivity contribution < 1.29 is 9.52 Å². The molecule has 1 N–H and O–H groups in total. The molecule has 1 saturated heterocycles. The van der Waals surface area contributed by atoms with E-state index in [0.29, 0.717) is 18.3 Å². The van der Waals surface area contributed by atoms with E-state index in [-0.39, 0.29) is 12.6 Å². The molecule has 3 rings (SSSR count). The van der Waals surface area contributed by atoms with E-state index in [2.05, 4.69) is 15.1 Å². The summed E-state index contributed by atoms with van der Waals surface area (Å²) in [6, 6.07) is 8.26. The van der Waals surface area contributed by atoms with Crippen LogP contribution in [0.1, 0.15) is 24.3 Å². The van der Waals surface area contributed by atoms with Gasteiger partial charge in [-0.25, -0.2) is 0 Å². The molecule has 0 saturated carbocycles. The largest absolute Gasteiger partial charge is 0.419 e.